The Morgan fingerprint density at radius 2 is 2.28 bits per heavy atom. The minimum absolute atomic E-state index is 0.703. The van der Waals surface area contributed by atoms with Crippen LogP contribution in [-0.4, -0.2) is 17.2 Å². The number of thioether (sulfide) groups is 1. The molecule has 0 fully saturated rings. The van der Waals surface area contributed by atoms with Gasteiger partial charge in [-0.25, -0.2) is 0 Å². The summed E-state index contributed by atoms with van der Waals surface area (Å²) in [5.74, 6) is 2.21. The molecule has 0 amide bonds. The fraction of sp³-hybridized carbons (Fsp3) is 0.385. The van der Waals surface area contributed by atoms with Crippen LogP contribution in [0.2, 0.25) is 0 Å². The lowest BCUT2D eigenvalue weighted by molar-refractivity contribution is 0.378. The molecular formula is C13H17N3OS. The molecule has 0 aliphatic rings. The van der Waals surface area contributed by atoms with E-state index >= 15 is 0 Å². The first-order valence-electron chi connectivity index (χ1n) is 5.99. The first-order valence-corrected chi connectivity index (χ1v) is 6.98. The van der Waals surface area contributed by atoms with Gasteiger partial charge in [-0.3, -0.25) is 0 Å². The average Bonchev–Trinajstić information content (AvgIpc) is 2.85. The van der Waals surface area contributed by atoms with Gasteiger partial charge in [0.2, 0.25) is 5.89 Å². The van der Waals surface area contributed by atoms with Gasteiger partial charge in [0, 0.05) is 17.9 Å². The SMILES string of the molecule is CCc1nc(CSc2cccc(CNC)c2)no1. The number of rotatable bonds is 6. The fourth-order valence-corrected chi connectivity index (χ4v) is 2.41. The molecule has 1 N–H and O–H groups in total. The molecule has 0 aliphatic heterocycles. The average molecular weight is 263 g/mol. The summed E-state index contributed by atoms with van der Waals surface area (Å²) in [6, 6.07) is 8.47. The molecule has 0 radical (unpaired) electrons. The summed E-state index contributed by atoms with van der Waals surface area (Å²) in [6.45, 7) is 2.89. The van der Waals surface area contributed by atoms with Crippen LogP contribution in [0.15, 0.2) is 33.7 Å². The summed E-state index contributed by atoms with van der Waals surface area (Å²) < 4.78 is 5.08. The second-order valence-electron chi connectivity index (χ2n) is 3.92. The minimum atomic E-state index is 0.703. The van der Waals surface area contributed by atoms with E-state index in [1.807, 2.05) is 14.0 Å². The summed E-state index contributed by atoms with van der Waals surface area (Å²) in [7, 11) is 1.95. The lowest BCUT2D eigenvalue weighted by atomic mass is 10.2. The zero-order valence-corrected chi connectivity index (χ0v) is 11.5. The van der Waals surface area contributed by atoms with Crippen LogP contribution in [-0.2, 0) is 18.7 Å². The van der Waals surface area contributed by atoms with Crippen LogP contribution < -0.4 is 5.32 Å². The summed E-state index contributed by atoms with van der Waals surface area (Å²) in [4.78, 5) is 5.52. The van der Waals surface area contributed by atoms with Gasteiger partial charge in [-0.15, -0.1) is 11.8 Å². The summed E-state index contributed by atoms with van der Waals surface area (Å²) in [5.41, 5.74) is 1.28. The Kier molecular flexibility index (Phi) is 4.78. The van der Waals surface area contributed by atoms with Crippen molar-refractivity contribution >= 4 is 11.8 Å². The van der Waals surface area contributed by atoms with Crippen LogP contribution in [0.5, 0.6) is 0 Å². The van der Waals surface area contributed by atoms with Gasteiger partial charge in [0.25, 0.3) is 0 Å². The quantitative estimate of drug-likeness (QED) is 0.812. The number of aryl methyl sites for hydroxylation is 1. The number of benzene rings is 1. The van der Waals surface area contributed by atoms with Crippen molar-refractivity contribution in [1.82, 2.24) is 15.5 Å². The third-order valence-corrected chi connectivity index (χ3v) is 3.45. The van der Waals surface area contributed by atoms with E-state index in [4.69, 9.17) is 4.52 Å². The van der Waals surface area contributed by atoms with E-state index in [-0.39, 0.29) is 0 Å². The Bertz CT molecular complexity index is 498. The maximum atomic E-state index is 5.08. The molecule has 18 heavy (non-hydrogen) atoms. The van der Waals surface area contributed by atoms with E-state index in [1.165, 1.54) is 10.5 Å². The molecule has 2 rings (SSSR count). The molecule has 5 heteroatoms. The molecule has 0 saturated heterocycles. The normalized spacial score (nSPS) is 10.8. The molecule has 0 unspecified atom stereocenters. The highest BCUT2D eigenvalue weighted by Gasteiger charge is 2.05. The second kappa shape index (κ2) is 6.56. The zero-order valence-electron chi connectivity index (χ0n) is 10.6. The van der Waals surface area contributed by atoms with Gasteiger partial charge in [0.1, 0.15) is 0 Å². The summed E-state index contributed by atoms with van der Waals surface area (Å²) >= 11 is 1.72. The predicted molar refractivity (Wildman–Crippen MR) is 72.4 cm³/mol. The van der Waals surface area contributed by atoms with Crippen LogP contribution in [0.3, 0.4) is 0 Å². The van der Waals surface area contributed by atoms with Crippen molar-refractivity contribution in [2.24, 2.45) is 0 Å². The van der Waals surface area contributed by atoms with Gasteiger partial charge < -0.3 is 9.84 Å². The molecule has 0 atom stereocenters. The highest BCUT2D eigenvalue weighted by atomic mass is 32.2. The summed E-state index contributed by atoms with van der Waals surface area (Å²) in [6.07, 6.45) is 0.787. The Balaban J connectivity index is 1.94. The highest BCUT2D eigenvalue weighted by molar-refractivity contribution is 7.98. The molecule has 4 nitrogen and oxygen atoms in total. The van der Waals surface area contributed by atoms with Crippen LogP contribution in [0.25, 0.3) is 0 Å². The molecule has 96 valence electrons. The number of aromatic nitrogens is 2. The van der Waals surface area contributed by atoms with Crippen LogP contribution >= 0.6 is 11.8 Å². The smallest absolute Gasteiger partial charge is 0.226 e. The van der Waals surface area contributed by atoms with Crippen molar-refractivity contribution in [1.29, 1.82) is 0 Å². The zero-order chi connectivity index (χ0) is 12.8. The molecule has 2 aromatic rings. The van der Waals surface area contributed by atoms with Crippen molar-refractivity contribution < 1.29 is 4.52 Å². The predicted octanol–water partition coefficient (Wildman–Crippen LogP) is 2.64. The molecule has 1 aromatic carbocycles. The second-order valence-corrected chi connectivity index (χ2v) is 4.97. The lowest BCUT2D eigenvalue weighted by Gasteiger charge is -2.03. The number of nitrogens with one attached hydrogen (secondary N) is 1. The van der Waals surface area contributed by atoms with Crippen LogP contribution in [0.4, 0.5) is 0 Å². The van der Waals surface area contributed by atoms with Gasteiger partial charge in [-0.05, 0) is 24.7 Å². The van der Waals surface area contributed by atoms with Gasteiger partial charge in [-0.1, -0.05) is 24.2 Å². The topological polar surface area (TPSA) is 51.0 Å². The maximum Gasteiger partial charge on any atom is 0.226 e. The third kappa shape index (κ3) is 3.58. The monoisotopic (exact) mass is 263 g/mol. The van der Waals surface area contributed by atoms with Crippen molar-refractivity contribution in [3.05, 3.63) is 41.5 Å². The number of hydrogen-bond acceptors (Lipinski definition) is 5. The Morgan fingerprint density at radius 1 is 1.39 bits per heavy atom. The van der Waals surface area contributed by atoms with E-state index in [9.17, 15) is 0 Å². The highest BCUT2D eigenvalue weighted by Crippen LogP contribution is 2.22. The van der Waals surface area contributed by atoms with E-state index in [2.05, 4.69) is 39.7 Å². The van der Waals surface area contributed by atoms with E-state index in [0.29, 0.717) is 5.89 Å². The molecule has 1 heterocycles. The van der Waals surface area contributed by atoms with Crippen LogP contribution in [0, 0.1) is 0 Å². The standard InChI is InChI=1S/C13H17N3OS/c1-3-13-15-12(16-17-13)9-18-11-6-4-5-10(7-11)8-14-2/h4-7,14H,3,8-9H2,1-2H3. The van der Waals surface area contributed by atoms with Crippen molar-refractivity contribution in [2.45, 2.75) is 30.5 Å². The van der Waals surface area contributed by atoms with Gasteiger partial charge in [-0.2, -0.15) is 4.98 Å². The Labute approximate surface area is 111 Å². The molecule has 1 aromatic heterocycles. The minimum Gasteiger partial charge on any atom is -0.339 e. The van der Waals surface area contributed by atoms with Crippen molar-refractivity contribution in [3.8, 4) is 0 Å². The first-order chi connectivity index (χ1) is 8.81. The van der Waals surface area contributed by atoms with Gasteiger partial charge in [0.05, 0.1) is 5.75 Å². The van der Waals surface area contributed by atoms with Crippen LogP contribution in [0.1, 0.15) is 24.2 Å². The largest absolute Gasteiger partial charge is 0.339 e. The van der Waals surface area contributed by atoms with E-state index < -0.39 is 0 Å². The van der Waals surface area contributed by atoms with Crippen molar-refractivity contribution in [3.63, 3.8) is 0 Å². The Hall–Kier alpha value is -1.33. The van der Waals surface area contributed by atoms with E-state index in [0.717, 1.165) is 24.5 Å². The van der Waals surface area contributed by atoms with Crippen molar-refractivity contribution in [2.75, 3.05) is 7.05 Å². The molecular weight excluding hydrogens is 246 g/mol. The maximum absolute atomic E-state index is 5.08. The Morgan fingerprint density at radius 3 is 3.00 bits per heavy atom. The molecule has 0 bridgehead atoms. The number of nitrogens with zero attached hydrogens (tertiary/aromatic N) is 2. The van der Waals surface area contributed by atoms with Gasteiger partial charge >= 0.3 is 0 Å². The number of hydrogen-bond donors (Lipinski definition) is 1. The van der Waals surface area contributed by atoms with E-state index in [1.54, 1.807) is 11.8 Å². The molecule has 0 aliphatic carbocycles. The third-order valence-electron chi connectivity index (χ3n) is 2.46. The summed E-state index contributed by atoms with van der Waals surface area (Å²) in [5, 5.41) is 7.09. The fourth-order valence-electron chi connectivity index (χ4n) is 1.59. The lowest BCUT2D eigenvalue weighted by Crippen LogP contribution is -2.04. The van der Waals surface area contributed by atoms with Gasteiger partial charge in [0.15, 0.2) is 5.82 Å². The molecule has 0 saturated carbocycles. The first kappa shape index (κ1) is 13.1. The molecule has 0 spiro atoms.